The number of carbonyl (C=O) groups excluding carboxylic acids is 1. The van der Waals surface area contributed by atoms with Gasteiger partial charge in [0, 0.05) is 11.8 Å². The topological polar surface area (TPSA) is 73.6 Å². The SMILES string of the molecule is COc1ccc(-c2ccc([C@@H]3[C@H](C#N)N(C(=O)C4CCCC4)[C@H]3CO)cc2)cc1. The number of carbonyl (C=O) groups is 1. The molecule has 1 N–H and O–H groups in total. The van der Waals surface area contributed by atoms with E-state index in [0.29, 0.717) is 0 Å². The smallest absolute Gasteiger partial charge is 0.227 e. The lowest BCUT2D eigenvalue weighted by atomic mass is 9.74. The van der Waals surface area contributed by atoms with Gasteiger partial charge in [-0.15, -0.1) is 0 Å². The molecule has 4 rings (SSSR count). The van der Waals surface area contributed by atoms with Gasteiger partial charge in [0.25, 0.3) is 0 Å². The minimum absolute atomic E-state index is 0.0123. The first-order valence-corrected chi connectivity index (χ1v) is 10.2. The zero-order valence-electron chi connectivity index (χ0n) is 16.6. The average molecular weight is 390 g/mol. The van der Waals surface area contributed by atoms with Crippen molar-refractivity contribution >= 4 is 5.91 Å². The molecule has 2 aromatic carbocycles. The Morgan fingerprint density at radius 2 is 1.69 bits per heavy atom. The molecule has 1 amide bonds. The van der Waals surface area contributed by atoms with E-state index in [1.165, 1.54) is 0 Å². The lowest BCUT2D eigenvalue weighted by molar-refractivity contribution is -0.151. The molecule has 1 aliphatic heterocycles. The fraction of sp³-hybridized carbons (Fsp3) is 0.417. The fourth-order valence-electron chi connectivity index (χ4n) is 4.78. The molecule has 2 aromatic rings. The molecule has 0 radical (unpaired) electrons. The molecular weight excluding hydrogens is 364 g/mol. The largest absolute Gasteiger partial charge is 0.497 e. The Morgan fingerprint density at radius 1 is 1.10 bits per heavy atom. The summed E-state index contributed by atoms with van der Waals surface area (Å²) in [4.78, 5) is 14.5. The van der Waals surface area contributed by atoms with Gasteiger partial charge in [-0.2, -0.15) is 5.26 Å². The van der Waals surface area contributed by atoms with E-state index in [2.05, 4.69) is 6.07 Å². The predicted molar refractivity (Wildman–Crippen MR) is 110 cm³/mol. The summed E-state index contributed by atoms with van der Waals surface area (Å²) < 4.78 is 5.21. The third-order valence-corrected chi connectivity index (χ3v) is 6.41. The van der Waals surface area contributed by atoms with Crippen LogP contribution >= 0.6 is 0 Å². The van der Waals surface area contributed by atoms with E-state index in [-0.39, 0.29) is 30.4 Å². The van der Waals surface area contributed by atoms with Gasteiger partial charge in [-0.3, -0.25) is 4.79 Å². The predicted octanol–water partition coefficient (Wildman–Crippen LogP) is 3.73. The molecular formula is C24H26N2O3. The van der Waals surface area contributed by atoms with Crippen LogP contribution in [0.4, 0.5) is 0 Å². The molecule has 0 spiro atoms. The quantitative estimate of drug-likeness (QED) is 0.844. The number of aliphatic hydroxyl groups is 1. The molecule has 1 heterocycles. The Bertz CT molecular complexity index is 895. The van der Waals surface area contributed by atoms with Gasteiger partial charge in [-0.25, -0.2) is 0 Å². The van der Waals surface area contributed by atoms with Crippen LogP contribution in [-0.4, -0.2) is 41.7 Å². The number of benzene rings is 2. The molecule has 3 atom stereocenters. The van der Waals surface area contributed by atoms with E-state index < -0.39 is 6.04 Å². The van der Waals surface area contributed by atoms with E-state index in [0.717, 1.165) is 48.1 Å². The van der Waals surface area contributed by atoms with Crippen LogP contribution in [0.2, 0.25) is 0 Å². The van der Waals surface area contributed by atoms with Crippen LogP contribution in [0, 0.1) is 17.2 Å². The van der Waals surface area contributed by atoms with Crippen molar-refractivity contribution in [2.24, 2.45) is 5.92 Å². The Labute approximate surface area is 171 Å². The number of likely N-dealkylation sites (tertiary alicyclic amines) is 1. The van der Waals surface area contributed by atoms with Crippen LogP contribution < -0.4 is 4.74 Å². The van der Waals surface area contributed by atoms with Crippen LogP contribution in [0.25, 0.3) is 11.1 Å². The number of hydrogen-bond acceptors (Lipinski definition) is 4. The number of aliphatic hydroxyl groups excluding tert-OH is 1. The highest BCUT2D eigenvalue weighted by Crippen LogP contribution is 2.43. The minimum atomic E-state index is -0.507. The Hall–Kier alpha value is -2.84. The Kier molecular flexibility index (Phi) is 5.55. The van der Waals surface area contributed by atoms with Crippen LogP contribution in [0.3, 0.4) is 0 Å². The fourth-order valence-corrected chi connectivity index (χ4v) is 4.78. The Balaban J connectivity index is 1.54. The standard InChI is InChI=1S/C24H26N2O3/c1-29-20-12-10-17(11-13-20)16-6-8-18(9-7-16)23-21(14-25)26(22(23)15-27)24(28)19-4-2-3-5-19/h6-13,19,21-23,27H,2-5,15H2,1H3/t21-,22-,23+/m0/s1. The number of hydrogen-bond donors (Lipinski definition) is 1. The van der Waals surface area contributed by atoms with Crippen molar-refractivity contribution < 1.29 is 14.6 Å². The van der Waals surface area contributed by atoms with E-state index in [9.17, 15) is 15.2 Å². The number of methoxy groups -OCH3 is 1. The Morgan fingerprint density at radius 3 is 2.21 bits per heavy atom. The lowest BCUT2D eigenvalue weighted by Crippen LogP contribution is -2.66. The van der Waals surface area contributed by atoms with Crippen molar-refractivity contribution in [2.45, 2.75) is 43.7 Å². The average Bonchev–Trinajstić information content (AvgIpc) is 3.29. The van der Waals surface area contributed by atoms with Gasteiger partial charge in [-0.05, 0) is 41.7 Å². The van der Waals surface area contributed by atoms with E-state index in [1.54, 1.807) is 12.0 Å². The molecule has 2 fully saturated rings. The molecule has 0 bridgehead atoms. The molecule has 1 aliphatic carbocycles. The lowest BCUT2D eigenvalue weighted by Gasteiger charge is -2.52. The summed E-state index contributed by atoms with van der Waals surface area (Å²) in [5.74, 6) is 0.715. The summed E-state index contributed by atoms with van der Waals surface area (Å²) in [7, 11) is 1.65. The van der Waals surface area contributed by atoms with Gasteiger partial charge in [0.1, 0.15) is 11.8 Å². The van der Waals surface area contributed by atoms with Gasteiger partial charge in [-0.1, -0.05) is 49.2 Å². The molecule has 2 aliphatic rings. The molecule has 150 valence electrons. The minimum Gasteiger partial charge on any atom is -0.497 e. The van der Waals surface area contributed by atoms with Gasteiger partial charge < -0.3 is 14.7 Å². The molecule has 5 nitrogen and oxygen atoms in total. The molecule has 29 heavy (non-hydrogen) atoms. The summed E-state index contributed by atoms with van der Waals surface area (Å²) in [6.07, 6.45) is 3.93. The van der Waals surface area contributed by atoms with E-state index in [4.69, 9.17) is 4.74 Å². The van der Waals surface area contributed by atoms with Crippen LogP contribution in [-0.2, 0) is 4.79 Å². The number of amides is 1. The molecule has 0 aromatic heterocycles. The second kappa shape index (κ2) is 8.26. The monoisotopic (exact) mass is 390 g/mol. The van der Waals surface area contributed by atoms with E-state index >= 15 is 0 Å². The van der Waals surface area contributed by atoms with Gasteiger partial charge >= 0.3 is 0 Å². The first-order valence-electron chi connectivity index (χ1n) is 10.2. The third kappa shape index (κ3) is 3.49. The first kappa shape index (κ1) is 19.5. The number of ether oxygens (including phenoxy) is 1. The maximum absolute atomic E-state index is 12.9. The maximum atomic E-state index is 12.9. The molecule has 5 heteroatoms. The van der Waals surface area contributed by atoms with Crippen LogP contribution in [0.1, 0.15) is 37.2 Å². The number of rotatable bonds is 5. The van der Waals surface area contributed by atoms with Crippen LogP contribution in [0.5, 0.6) is 5.75 Å². The highest BCUT2D eigenvalue weighted by atomic mass is 16.5. The maximum Gasteiger partial charge on any atom is 0.227 e. The van der Waals surface area contributed by atoms with Crippen molar-refractivity contribution in [3.63, 3.8) is 0 Å². The van der Waals surface area contributed by atoms with Crippen molar-refractivity contribution in [3.8, 4) is 22.9 Å². The number of nitrogens with zero attached hydrogens (tertiary/aromatic N) is 2. The molecule has 0 unspecified atom stereocenters. The first-order chi connectivity index (χ1) is 14.2. The van der Waals surface area contributed by atoms with E-state index in [1.807, 2.05) is 48.5 Å². The van der Waals surface area contributed by atoms with Gasteiger partial charge in [0.05, 0.1) is 25.8 Å². The summed E-state index contributed by atoms with van der Waals surface area (Å²) >= 11 is 0. The highest BCUT2D eigenvalue weighted by molar-refractivity contribution is 5.82. The van der Waals surface area contributed by atoms with Crippen molar-refractivity contribution in [3.05, 3.63) is 54.1 Å². The van der Waals surface area contributed by atoms with Crippen molar-refractivity contribution in [2.75, 3.05) is 13.7 Å². The highest BCUT2D eigenvalue weighted by Gasteiger charge is 2.52. The van der Waals surface area contributed by atoms with Gasteiger partial charge in [0.15, 0.2) is 0 Å². The zero-order chi connectivity index (χ0) is 20.4. The van der Waals surface area contributed by atoms with Crippen LogP contribution in [0.15, 0.2) is 48.5 Å². The molecule has 1 saturated heterocycles. The molecule has 1 saturated carbocycles. The van der Waals surface area contributed by atoms with Gasteiger partial charge in [0.2, 0.25) is 5.91 Å². The van der Waals surface area contributed by atoms with Crippen molar-refractivity contribution in [1.29, 1.82) is 5.26 Å². The summed E-state index contributed by atoms with van der Waals surface area (Å²) in [6.45, 7) is -0.123. The third-order valence-electron chi connectivity index (χ3n) is 6.41. The normalized spacial score (nSPS) is 24.0. The second-order valence-corrected chi connectivity index (χ2v) is 7.93. The summed E-state index contributed by atoms with van der Waals surface area (Å²) in [5.41, 5.74) is 3.14. The summed E-state index contributed by atoms with van der Waals surface area (Å²) in [6, 6.07) is 17.4. The second-order valence-electron chi connectivity index (χ2n) is 7.93. The van der Waals surface area contributed by atoms with Crippen molar-refractivity contribution in [1.82, 2.24) is 4.90 Å². The number of nitriles is 1. The zero-order valence-corrected chi connectivity index (χ0v) is 16.6. The summed E-state index contributed by atoms with van der Waals surface area (Å²) in [5, 5.41) is 19.7.